The van der Waals surface area contributed by atoms with Gasteiger partial charge in [-0.1, -0.05) is 0 Å². The monoisotopic (exact) mass is 395 g/mol. The molecule has 0 aromatic carbocycles. The molecule has 10 heteroatoms. The fraction of sp³-hybridized carbons (Fsp3) is 0.556. The van der Waals surface area contributed by atoms with Crippen LogP contribution in [0.5, 0.6) is 0 Å². The van der Waals surface area contributed by atoms with Crippen LogP contribution in [0.1, 0.15) is 48.7 Å². The lowest BCUT2D eigenvalue weighted by Crippen LogP contribution is -2.41. The third-order valence-electron chi connectivity index (χ3n) is 5.29. The number of hydrogen-bond acceptors (Lipinski definition) is 4. The van der Waals surface area contributed by atoms with Gasteiger partial charge in [-0.3, -0.25) is 14.3 Å². The van der Waals surface area contributed by atoms with Crippen LogP contribution in [0.4, 0.5) is 13.2 Å². The summed E-state index contributed by atoms with van der Waals surface area (Å²) in [5.74, 6) is 0.439. The first-order valence-electron chi connectivity index (χ1n) is 9.33. The standard InChI is InChI=1S/C18H20F3N5O2/c19-18(20,21)13-8-12(9-22-10-13)11-25-17(28)26-14(4-3-5-15(26)23-25)16(27)24-6-1-2-7-24/h8-10,14H,1-7,11H2. The van der Waals surface area contributed by atoms with E-state index >= 15 is 0 Å². The number of aromatic nitrogens is 4. The molecule has 1 amide bonds. The maximum absolute atomic E-state index is 12.9. The largest absolute Gasteiger partial charge is 0.417 e. The van der Waals surface area contributed by atoms with Crippen molar-refractivity contribution < 1.29 is 18.0 Å². The highest BCUT2D eigenvalue weighted by Crippen LogP contribution is 2.29. The van der Waals surface area contributed by atoms with Crippen molar-refractivity contribution in [3.8, 4) is 0 Å². The molecule has 7 nitrogen and oxygen atoms in total. The summed E-state index contributed by atoms with van der Waals surface area (Å²) in [6.07, 6.45) is 1.32. The number of carbonyl (C=O) groups excluding carboxylic acids is 1. The summed E-state index contributed by atoms with van der Waals surface area (Å²) in [6, 6.07) is 0.382. The smallest absolute Gasteiger partial charge is 0.341 e. The summed E-state index contributed by atoms with van der Waals surface area (Å²) in [5.41, 5.74) is -1.11. The van der Waals surface area contributed by atoms with Gasteiger partial charge in [0.15, 0.2) is 0 Å². The average molecular weight is 395 g/mol. The van der Waals surface area contributed by atoms with Crippen LogP contribution in [0.25, 0.3) is 0 Å². The Kier molecular flexibility index (Phi) is 4.72. The summed E-state index contributed by atoms with van der Waals surface area (Å²) in [7, 11) is 0. The average Bonchev–Trinajstić information content (AvgIpc) is 3.30. The molecule has 1 saturated heterocycles. The Morgan fingerprint density at radius 1 is 1.18 bits per heavy atom. The summed E-state index contributed by atoms with van der Waals surface area (Å²) in [4.78, 5) is 31.1. The lowest BCUT2D eigenvalue weighted by molar-refractivity contribution is -0.138. The van der Waals surface area contributed by atoms with Crippen LogP contribution in [0.15, 0.2) is 23.3 Å². The van der Waals surface area contributed by atoms with Crippen LogP contribution in [0.3, 0.4) is 0 Å². The maximum Gasteiger partial charge on any atom is 0.417 e. The zero-order valence-corrected chi connectivity index (χ0v) is 15.2. The van der Waals surface area contributed by atoms with Crippen LogP contribution < -0.4 is 5.69 Å². The predicted molar refractivity (Wildman–Crippen MR) is 92.6 cm³/mol. The number of alkyl halides is 3. The second kappa shape index (κ2) is 7.06. The topological polar surface area (TPSA) is 73.0 Å². The predicted octanol–water partition coefficient (Wildman–Crippen LogP) is 2.01. The lowest BCUT2D eigenvalue weighted by atomic mass is 10.0. The van der Waals surface area contributed by atoms with Gasteiger partial charge in [-0.05, 0) is 37.3 Å². The van der Waals surface area contributed by atoms with Crippen molar-refractivity contribution in [1.29, 1.82) is 0 Å². The van der Waals surface area contributed by atoms with Crippen LogP contribution >= 0.6 is 0 Å². The minimum atomic E-state index is -4.51. The van der Waals surface area contributed by atoms with Gasteiger partial charge < -0.3 is 4.90 Å². The minimum absolute atomic E-state index is 0.0687. The molecule has 0 saturated carbocycles. The van der Waals surface area contributed by atoms with Crippen molar-refractivity contribution >= 4 is 5.91 Å². The highest BCUT2D eigenvalue weighted by Gasteiger charge is 2.34. The quantitative estimate of drug-likeness (QED) is 0.797. The van der Waals surface area contributed by atoms with Gasteiger partial charge in [-0.15, -0.1) is 0 Å². The first-order chi connectivity index (χ1) is 13.3. The van der Waals surface area contributed by atoms with E-state index in [0.29, 0.717) is 31.8 Å². The summed E-state index contributed by atoms with van der Waals surface area (Å²) in [5, 5.41) is 4.28. The zero-order chi connectivity index (χ0) is 19.9. The van der Waals surface area contributed by atoms with Crippen molar-refractivity contribution in [3.05, 3.63) is 45.9 Å². The molecule has 0 radical (unpaired) electrons. The van der Waals surface area contributed by atoms with E-state index in [1.807, 2.05) is 0 Å². The normalized spacial score (nSPS) is 19.7. The molecular weight excluding hydrogens is 375 g/mol. The number of carbonyl (C=O) groups is 1. The number of nitrogens with zero attached hydrogens (tertiary/aromatic N) is 5. The SMILES string of the molecule is O=C(C1CCCc2nn(Cc3cncc(C(F)(F)F)c3)c(=O)n21)N1CCCC1. The fourth-order valence-corrected chi connectivity index (χ4v) is 3.92. The Labute approximate surface area is 158 Å². The number of fused-ring (bicyclic) bond motifs is 1. The minimum Gasteiger partial charge on any atom is -0.341 e. The molecule has 2 aromatic rings. The highest BCUT2D eigenvalue weighted by atomic mass is 19.4. The number of rotatable bonds is 3. The second-order valence-electron chi connectivity index (χ2n) is 7.25. The van der Waals surface area contributed by atoms with E-state index in [4.69, 9.17) is 0 Å². The Morgan fingerprint density at radius 3 is 2.64 bits per heavy atom. The molecule has 1 unspecified atom stereocenters. The maximum atomic E-state index is 12.9. The van der Waals surface area contributed by atoms with E-state index < -0.39 is 23.5 Å². The van der Waals surface area contributed by atoms with Gasteiger partial charge in [-0.2, -0.15) is 18.3 Å². The molecule has 1 fully saturated rings. The second-order valence-corrected chi connectivity index (χ2v) is 7.25. The molecule has 2 aliphatic rings. The molecule has 0 bridgehead atoms. The molecule has 150 valence electrons. The van der Waals surface area contributed by atoms with Crippen LogP contribution in [0.2, 0.25) is 0 Å². The van der Waals surface area contributed by atoms with Gasteiger partial charge in [0.05, 0.1) is 12.1 Å². The summed E-state index contributed by atoms with van der Waals surface area (Å²) < 4.78 is 41.2. The van der Waals surface area contributed by atoms with Gasteiger partial charge in [0.1, 0.15) is 11.9 Å². The number of aryl methyl sites for hydroxylation is 1. The number of likely N-dealkylation sites (tertiary alicyclic amines) is 1. The van der Waals surface area contributed by atoms with Crippen molar-refractivity contribution in [2.75, 3.05) is 13.1 Å². The molecular formula is C18H20F3N5O2. The molecule has 2 aliphatic heterocycles. The van der Waals surface area contributed by atoms with E-state index in [-0.39, 0.29) is 18.0 Å². The van der Waals surface area contributed by atoms with Crippen LogP contribution in [-0.4, -0.2) is 43.2 Å². The molecule has 0 aliphatic carbocycles. The Morgan fingerprint density at radius 2 is 1.93 bits per heavy atom. The molecule has 2 aromatic heterocycles. The number of halogens is 3. The van der Waals surface area contributed by atoms with Crippen LogP contribution in [0, 0.1) is 0 Å². The van der Waals surface area contributed by atoms with Crippen molar-refractivity contribution in [2.24, 2.45) is 0 Å². The summed E-state index contributed by atoms with van der Waals surface area (Å²) in [6.45, 7) is 1.27. The van der Waals surface area contributed by atoms with E-state index in [9.17, 15) is 22.8 Å². The van der Waals surface area contributed by atoms with E-state index in [2.05, 4.69) is 10.1 Å². The van der Waals surface area contributed by atoms with E-state index in [1.54, 1.807) is 4.90 Å². The molecule has 4 heterocycles. The first kappa shape index (κ1) is 18.7. The van der Waals surface area contributed by atoms with Gasteiger partial charge in [0.25, 0.3) is 0 Å². The van der Waals surface area contributed by atoms with Gasteiger partial charge in [-0.25, -0.2) is 9.48 Å². The molecule has 0 N–H and O–H groups in total. The zero-order valence-electron chi connectivity index (χ0n) is 15.2. The highest BCUT2D eigenvalue weighted by molar-refractivity contribution is 5.80. The third kappa shape index (κ3) is 3.43. The van der Waals surface area contributed by atoms with Crippen molar-refractivity contribution in [2.45, 2.75) is 50.9 Å². The number of hydrogen-bond donors (Lipinski definition) is 0. The summed E-state index contributed by atoms with van der Waals surface area (Å²) >= 11 is 0. The first-order valence-corrected chi connectivity index (χ1v) is 9.33. The third-order valence-corrected chi connectivity index (χ3v) is 5.29. The molecule has 0 spiro atoms. The molecule has 4 rings (SSSR count). The van der Waals surface area contributed by atoms with Crippen molar-refractivity contribution in [1.82, 2.24) is 24.2 Å². The van der Waals surface area contributed by atoms with Gasteiger partial charge in [0, 0.05) is 31.9 Å². The van der Waals surface area contributed by atoms with Crippen molar-refractivity contribution in [3.63, 3.8) is 0 Å². The molecule has 28 heavy (non-hydrogen) atoms. The Balaban J connectivity index is 1.63. The number of pyridine rings is 1. The van der Waals surface area contributed by atoms with E-state index in [1.165, 1.54) is 10.8 Å². The van der Waals surface area contributed by atoms with E-state index in [0.717, 1.165) is 36.2 Å². The molecule has 1 atom stereocenters. The van der Waals surface area contributed by atoms with Crippen LogP contribution in [-0.2, 0) is 23.9 Å². The Hall–Kier alpha value is -2.65. The van der Waals surface area contributed by atoms with Gasteiger partial charge >= 0.3 is 11.9 Å². The Bertz CT molecular complexity index is 943. The van der Waals surface area contributed by atoms with Gasteiger partial charge in [0.2, 0.25) is 5.91 Å². The number of amides is 1. The lowest BCUT2D eigenvalue weighted by Gasteiger charge is -2.27. The fourth-order valence-electron chi connectivity index (χ4n) is 3.92.